The van der Waals surface area contributed by atoms with E-state index < -0.39 is 15.1 Å². The van der Waals surface area contributed by atoms with Gasteiger partial charge in [0.05, 0.1) is 25.3 Å². The van der Waals surface area contributed by atoms with Gasteiger partial charge >= 0.3 is 34.5 Å². The molecule has 0 aliphatic heterocycles. The average Bonchev–Trinajstić information content (AvgIpc) is 3.32. The van der Waals surface area contributed by atoms with Gasteiger partial charge in [0.2, 0.25) is 23.0 Å². The summed E-state index contributed by atoms with van der Waals surface area (Å²) in [4.78, 5) is 42.3. The maximum atomic E-state index is 12.0. The molecule has 0 saturated carbocycles. The van der Waals surface area contributed by atoms with Crippen LogP contribution in [0.1, 0.15) is 63.7 Å². The second kappa shape index (κ2) is 31.3. The number of carbonyl (C=O) groups excluding carboxylic acids is 2. The van der Waals surface area contributed by atoms with E-state index in [4.69, 9.17) is 55.7 Å². The van der Waals surface area contributed by atoms with Crippen LogP contribution in [0.25, 0.3) is 0 Å². The molecule has 0 fully saturated rings. The standard InChI is InChI=1S/C21H22N4O4.C12H10ClN3O2.C9H13N.C6H15N.2ClH.Zn/c1-13-11-14(12-17(27-3)19(13)28-4)24-21-23-10-9-18(25-21)29-16-8-6-5-7-15(16)20(26)22-2;1-14-11(17)8-4-2-3-5-9(8)18-10-6-7-15-12(13)16-10;1-6-4-9(10)5-7(2)8(6)3;1-4-7(5-2)6-3;;;/h5-12H,1-4H3,(H,22,26)(H,23,24,25);2-7H,1H3,(H,14,17);4-5H,10H2,1-3H3;4-6H2,1-3H3;2*1H;/q;;;;;;+2/p-2. The normalized spacial score (nSPS) is 9.78. The summed E-state index contributed by atoms with van der Waals surface area (Å²) < 4.78 is 22.1. The molecule has 15 nitrogen and oxygen atoms in total. The second-order valence-electron chi connectivity index (χ2n) is 13.9. The van der Waals surface area contributed by atoms with Crippen LogP contribution in [0.4, 0.5) is 17.3 Å². The molecule has 0 radical (unpaired) electrons. The Hall–Kier alpha value is -5.77. The molecule has 0 spiro atoms. The zero-order valence-corrected chi connectivity index (χ0v) is 45.2. The zero-order chi connectivity index (χ0) is 49.9. The fraction of sp³-hybridized carbons (Fsp3) is 0.292. The van der Waals surface area contributed by atoms with Crippen molar-refractivity contribution in [2.75, 3.05) is 59.0 Å². The molecular weight excluding hydrogens is 970 g/mol. The van der Waals surface area contributed by atoms with Crippen molar-refractivity contribution in [3.05, 3.63) is 136 Å². The Morgan fingerprint density at radius 3 is 1.58 bits per heavy atom. The Bertz CT molecular complexity index is 2440. The molecular formula is C48H60Cl3N9O6Zn. The second-order valence-corrected chi connectivity index (χ2v) is 18.9. The van der Waals surface area contributed by atoms with Crippen molar-refractivity contribution in [3.63, 3.8) is 0 Å². The van der Waals surface area contributed by atoms with Crippen molar-refractivity contribution >= 4 is 60.1 Å². The number of methoxy groups -OCH3 is 2. The first-order valence-electron chi connectivity index (χ1n) is 21.1. The Morgan fingerprint density at radius 1 is 0.672 bits per heavy atom. The number of aromatic nitrogens is 4. The Kier molecular flexibility index (Phi) is 26.8. The van der Waals surface area contributed by atoms with Crippen molar-refractivity contribution in [1.29, 1.82) is 0 Å². The van der Waals surface area contributed by atoms with Crippen LogP contribution in [-0.4, -0.2) is 84.6 Å². The molecule has 5 N–H and O–H groups in total. The van der Waals surface area contributed by atoms with Crippen molar-refractivity contribution in [3.8, 4) is 34.8 Å². The predicted octanol–water partition coefficient (Wildman–Crippen LogP) is 10.9. The summed E-state index contributed by atoms with van der Waals surface area (Å²) >= 11 is 4.73. The number of hydrogen-bond acceptors (Lipinski definition) is 13. The van der Waals surface area contributed by atoms with Crippen LogP contribution in [0.5, 0.6) is 34.8 Å². The van der Waals surface area contributed by atoms with Gasteiger partial charge in [-0.15, -0.1) is 0 Å². The Labute approximate surface area is 415 Å². The first-order chi connectivity index (χ1) is 32.1. The van der Waals surface area contributed by atoms with E-state index in [9.17, 15) is 9.59 Å². The van der Waals surface area contributed by atoms with Crippen LogP contribution in [-0.2, 0) is 15.1 Å². The van der Waals surface area contributed by atoms with E-state index in [0.717, 1.165) is 16.9 Å². The number of carbonyl (C=O) groups is 2. The molecule has 2 aromatic heterocycles. The van der Waals surface area contributed by atoms with E-state index in [2.05, 4.69) is 82.3 Å². The molecule has 4 aromatic carbocycles. The molecule has 0 atom stereocenters. The molecule has 6 rings (SSSR count). The third kappa shape index (κ3) is 19.5. The maximum absolute atomic E-state index is 12.0. The van der Waals surface area contributed by atoms with Gasteiger partial charge < -0.3 is 45.5 Å². The molecule has 356 valence electrons. The van der Waals surface area contributed by atoms with Gasteiger partial charge in [0.1, 0.15) is 11.5 Å². The SMILES string of the molecule is CCN(CC)CC.CNC(=O)c1ccccc1Oc1ccnc(Cl)n1.CNC(=O)c1ccccc1Oc1ccnc(Nc2cc(C)c(OC)c(OC)c2)n1.Cc1cc(N)cc(C)c1C.[Cl][Zn][Cl]. The van der Waals surface area contributed by atoms with E-state index in [1.165, 1.54) is 42.5 Å². The van der Waals surface area contributed by atoms with Gasteiger partial charge in [-0.05, 0) is 124 Å². The number of anilines is 3. The van der Waals surface area contributed by atoms with Crippen LogP contribution < -0.4 is 40.6 Å². The summed E-state index contributed by atoms with van der Waals surface area (Å²) in [5.74, 6) is 2.53. The van der Waals surface area contributed by atoms with E-state index in [-0.39, 0.29) is 23.0 Å². The monoisotopic (exact) mass is 1030 g/mol. The summed E-state index contributed by atoms with van der Waals surface area (Å²) in [6.07, 6.45) is 3.05. The minimum atomic E-state index is -0.931. The van der Waals surface area contributed by atoms with Gasteiger partial charge in [-0.1, -0.05) is 45.0 Å². The number of nitrogens with one attached hydrogen (secondary N) is 3. The quantitative estimate of drug-likeness (QED) is 0.0486. The Morgan fingerprint density at radius 2 is 1.15 bits per heavy atom. The number of ether oxygens (including phenoxy) is 4. The summed E-state index contributed by atoms with van der Waals surface area (Å²) in [6.45, 7) is 18.3. The molecule has 67 heavy (non-hydrogen) atoms. The molecule has 0 aliphatic carbocycles. The van der Waals surface area contributed by atoms with E-state index in [0.29, 0.717) is 46.0 Å². The van der Waals surface area contributed by atoms with Crippen LogP contribution in [0.3, 0.4) is 0 Å². The number of amides is 2. The van der Waals surface area contributed by atoms with Crippen molar-refractivity contribution in [1.82, 2.24) is 35.5 Å². The number of hydrogen-bond donors (Lipinski definition) is 4. The fourth-order valence-electron chi connectivity index (χ4n) is 5.91. The average molecular weight is 1030 g/mol. The van der Waals surface area contributed by atoms with E-state index in [1.807, 2.05) is 25.1 Å². The van der Waals surface area contributed by atoms with Crippen molar-refractivity contribution < 1.29 is 43.7 Å². The van der Waals surface area contributed by atoms with Crippen LogP contribution >= 0.6 is 31.0 Å². The van der Waals surface area contributed by atoms with Gasteiger partial charge in [0, 0.05) is 56.1 Å². The summed E-state index contributed by atoms with van der Waals surface area (Å²) in [6, 6.07) is 24.7. The molecule has 6 aromatic rings. The number of nitrogen functional groups attached to an aromatic ring is 1. The number of nitrogens with two attached hydrogens (primary N) is 1. The number of aryl methyl sites for hydroxylation is 3. The van der Waals surface area contributed by atoms with Gasteiger partial charge in [0.15, 0.2) is 11.5 Å². The van der Waals surface area contributed by atoms with Crippen LogP contribution in [0, 0.1) is 27.7 Å². The van der Waals surface area contributed by atoms with Gasteiger partial charge in [0.25, 0.3) is 11.8 Å². The molecule has 2 amide bonds. The van der Waals surface area contributed by atoms with Crippen LogP contribution in [0.15, 0.2) is 97.3 Å². The topological polar surface area (TPSA) is 188 Å². The number of rotatable bonds is 13. The minimum absolute atomic E-state index is 0.0879. The first kappa shape index (κ1) is 57.4. The molecule has 0 aliphatic rings. The van der Waals surface area contributed by atoms with Crippen molar-refractivity contribution in [2.24, 2.45) is 0 Å². The number of para-hydroxylation sites is 2. The first-order valence-corrected chi connectivity index (χ1v) is 29.3. The summed E-state index contributed by atoms with van der Waals surface area (Å²) in [7, 11) is 16.2. The number of benzene rings is 4. The van der Waals surface area contributed by atoms with Crippen molar-refractivity contribution in [2.45, 2.75) is 48.5 Å². The van der Waals surface area contributed by atoms with Crippen LogP contribution in [0.2, 0.25) is 5.28 Å². The third-order valence-electron chi connectivity index (χ3n) is 9.59. The molecule has 19 heteroatoms. The number of halogens is 3. The molecule has 0 unspecified atom stereocenters. The summed E-state index contributed by atoms with van der Waals surface area (Å²) in [5, 5.41) is 8.35. The third-order valence-corrected chi connectivity index (χ3v) is 9.77. The van der Waals surface area contributed by atoms with E-state index >= 15 is 0 Å². The fourth-order valence-corrected chi connectivity index (χ4v) is 6.05. The van der Waals surface area contributed by atoms with Gasteiger partial charge in [-0.2, -0.15) is 9.97 Å². The predicted molar refractivity (Wildman–Crippen MR) is 267 cm³/mol. The molecule has 0 bridgehead atoms. The van der Waals surface area contributed by atoms with Gasteiger partial charge in [-0.25, -0.2) is 9.97 Å². The van der Waals surface area contributed by atoms with E-state index in [1.54, 1.807) is 101 Å². The summed E-state index contributed by atoms with van der Waals surface area (Å²) in [5.41, 5.74) is 12.9. The molecule has 0 saturated heterocycles. The zero-order valence-electron chi connectivity index (χ0n) is 40.0. The van der Waals surface area contributed by atoms with Gasteiger partial charge in [-0.3, -0.25) is 9.59 Å². The number of nitrogens with zero attached hydrogens (tertiary/aromatic N) is 5. The Balaban J connectivity index is 0.000000342. The molecule has 2 heterocycles.